The molecule has 0 saturated carbocycles. The minimum atomic E-state index is -0.764. The molecule has 0 amide bonds. The summed E-state index contributed by atoms with van der Waals surface area (Å²) in [6, 6.07) is 0. The average molecular weight is 990 g/mol. The van der Waals surface area contributed by atoms with Gasteiger partial charge in [-0.15, -0.1) is 0 Å². The van der Waals surface area contributed by atoms with Crippen LogP contribution in [0.2, 0.25) is 0 Å². The number of ether oxygens (including phenoxy) is 3. The molecule has 0 radical (unpaired) electrons. The van der Waals surface area contributed by atoms with Gasteiger partial charge in [-0.2, -0.15) is 0 Å². The zero-order valence-corrected chi connectivity index (χ0v) is 48.2. The van der Waals surface area contributed by atoms with Crippen LogP contribution in [0, 0.1) is 11.8 Å². The zero-order valence-electron chi connectivity index (χ0n) is 48.2. The Morgan fingerprint density at radius 1 is 0.271 bits per heavy atom. The van der Waals surface area contributed by atoms with Crippen LogP contribution in [0.5, 0.6) is 0 Å². The highest BCUT2D eigenvalue weighted by Gasteiger charge is 2.19. The number of esters is 3. The molecule has 0 fully saturated rings. The largest absolute Gasteiger partial charge is 0.462 e. The van der Waals surface area contributed by atoms with Crippen molar-refractivity contribution in [2.75, 3.05) is 13.2 Å². The van der Waals surface area contributed by atoms with Crippen molar-refractivity contribution in [3.8, 4) is 0 Å². The summed E-state index contributed by atoms with van der Waals surface area (Å²) >= 11 is 0. The van der Waals surface area contributed by atoms with Crippen molar-refractivity contribution in [3.05, 3.63) is 0 Å². The van der Waals surface area contributed by atoms with E-state index in [2.05, 4.69) is 34.6 Å². The molecule has 0 spiro atoms. The predicted molar refractivity (Wildman–Crippen MR) is 303 cm³/mol. The van der Waals surface area contributed by atoms with Gasteiger partial charge in [-0.25, -0.2) is 0 Å². The molecule has 1 atom stereocenters. The molecule has 0 aromatic rings. The highest BCUT2D eigenvalue weighted by molar-refractivity contribution is 5.71. The maximum Gasteiger partial charge on any atom is 0.306 e. The predicted octanol–water partition coefficient (Wildman–Crippen LogP) is 21.2. The number of hydrogen-bond acceptors (Lipinski definition) is 6. The van der Waals surface area contributed by atoms with Crippen LogP contribution in [0.3, 0.4) is 0 Å². The molecule has 0 saturated heterocycles. The molecule has 416 valence electrons. The highest BCUT2D eigenvalue weighted by atomic mass is 16.6. The Labute approximate surface area is 438 Å². The van der Waals surface area contributed by atoms with Crippen molar-refractivity contribution in [2.24, 2.45) is 11.8 Å². The summed E-state index contributed by atoms with van der Waals surface area (Å²) in [7, 11) is 0. The van der Waals surface area contributed by atoms with Gasteiger partial charge in [0.15, 0.2) is 6.10 Å². The van der Waals surface area contributed by atoms with E-state index in [9.17, 15) is 14.4 Å². The minimum Gasteiger partial charge on any atom is -0.462 e. The van der Waals surface area contributed by atoms with Gasteiger partial charge >= 0.3 is 17.9 Å². The first-order valence-corrected chi connectivity index (χ1v) is 31.7. The van der Waals surface area contributed by atoms with E-state index < -0.39 is 6.10 Å². The topological polar surface area (TPSA) is 78.9 Å². The van der Waals surface area contributed by atoms with Gasteiger partial charge in [0, 0.05) is 19.3 Å². The maximum absolute atomic E-state index is 12.9. The molecule has 0 aliphatic carbocycles. The van der Waals surface area contributed by atoms with Gasteiger partial charge in [-0.1, -0.05) is 324 Å². The standard InChI is InChI=1S/C64H124O6/c1-6-7-8-9-10-11-12-13-14-15-16-19-24-29-34-39-44-49-54-62(65)68-57-61(70-64(67)56-51-46-41-36-31-26-21-23-28-33-38-43-48-53-60(4)5)58-69-63(66)55-50-45-40-35-30-25-20-17-18-22-27-32-37-42-47-52-59(2)3/h59-61H,6-58H2,1-5H3/t61-/m1/s1. The van der Waals surface area contributed by atoms with Gasteiger partial charge in [0.25, 0.3) is 0 Å². The van der Waals surface area contributed by atoms with Crippen molar-refractivity contribution >= 4 is 17.9 Å². The second-order valence-electron chi connectivity index (χ2n) is 23.0. The number of rotatable bonds is 58. The third-order valence-electron chi connectivity index (χ3n) is 14.7. The Hall–Kier alpha value is -1.59. The number of carbonyl (C=O) groups excluding carboxylic acids is 3. The Kier molecular flexibility index (Phi) is 55.4. The fourth-order valence-corrected chi connectivity index (χ4v) is 9.93. The molecule has 0 aliphatic heterocycles. The molecule has 0 aromatic heterocycles. The van der Waals surface area contributed by atoms with Crippen LogP contribution in [-0.4, -0.2) is 37.2 Å². The normalized spacial score (nSPS) is 12.0. The summed E-state index contributed by atoms with van der Waals surface area (Å²) in [6.45, 7) is 11.5. The van der Waals surface area contributed by atoms with Crippen molar-refractivity contribution in [1.29, 1.82) is 0 Å². The van der Waals surface area contributed by atoms with E-state index in [0.717, 1.165) is 69.6 Å². The van der Waals surface area contributed by atoms with E-state index in [0.29, 0.717) is 19.3 Å². The molecule has 0 bridgehead atoms. The number of unbranched alkanes of at least 4 members (excludes halogenated alkanes) is 43. The molecule has 0 aliphatic rings. The third kappa shape index (κ3) is 57.3. The summed E-state index contributed by atoms with van der Waals surface area (Å²) in [5.41, 5.74) is 0. The molecule has 0 N–H and O–H groups in total. The van der Waals surface area contributed by atoms with E-state index in [1.807, 2.05) is 0 Å². The molecule has 6 nitrogen and oxygen atoms in total. The van der Waals surface area contributed by atoms with Gasteiger partial charge in [0.2, 0.25) is 0 Å². The third-order valence-corrected chi connectivity index (χ3v) is 14.7. The van der Waals surface area contributed by atoms with Crippen LogP contribution in [0.1, 0.15) is 362 Å². The second-order valence-corrected chi connectivity index (χ2v) is 23.0. The van der Waals surface area contributed by atoms with Crippen molar-refractivity contribution in [1.82, 2.24) is 0 Å². The summed E-state index contributed by atoms with van der Waals surface area (Å²) < 4.78 is 17.0. The molecule has 70 heavy (non-hydrogen) atoms. The van der Waals surface area contributed by atoms with Crippen LogP contribution < -0.4 is 0 Å². The summed E-state index contributed by atoms with van der Waals surface area (Å²) in [5.74, 6) is 0.855. The molecule has 0 rings (SSSR count). The Bertz CT molecular complexity index is 1070. The Morgan fingerprint density at radius 3 is 0.700 bits per heavy atom. The quantitative estimate of drug-likeness (QED) is 0.0343. The van der Waals surface area contributed by atoms with E-state index in [1.165, 1.54) is 250 Å². The molecular formula is C64H124O6. The fraction of sp³-hybridized carbons (Fsp3) is 0.953. The van der Waals surface area contributed by atoms with E-state index in [-0.39, 0.29) is 31.1 Å². The maximum atomic E-state index is 12.9. The molecular weight excluding hydrogens is 865 g/mol. The lowest BCUT2D eigenvalue weighted by Crippen LogP contribution is -2.30. The first-order chi connectivity index (χ1) is 34.2. The van der Waals surface area contributed by atoms with Gasteiger partial charge in [-0.05, 0) is 31.1 Å². The summed E-state index contributed by atoms with van der Waals surface area (Å²) in [6.07, 6.45) is 62.4. The zero-order chi connectivity index (χ0) is 51.1. The SMILES string of the molecule is CCCCCCCCCCCCCCCCCCCCC(=O)OC[C@H](COC(=O)CCCCCCCCCCCCCCCCCC(C)C)OC(=O)CCCCCCCCCCCCCCCC(C)C. The minimum absolute atomic E-state index is 0.0619. The Balaban J connectivity index is 4.29. The lowest BCUT2D eigenvalue weighted by atomic mass is 10.0. The van der Waals surface area contributed by atoms with Crippen LogP contribution >= 0.6 is 0 Å². The smallest absolute Gasteiger partial charge is 0.306 e. The molecule has 0 heterocycles. The van der Waals surface area contributed by atoms with Gasteiger partial charge in [-0.3, -0.25) is 14.4 Å². The summed E-state index contributed by atoms with van der Waals surface area (Å²) in [5, 5.41) is 0. The van der Waals surface area contributed by atoms with Crippen LogP contribution in [-0.2, 0) is 28.6 Å². The monoisotopic (exact) mass is 989 g/mol. The molecule has 0 unspecified atom stereocenters. The first-order valence-electron chi connectivity index (χ1n) is 31.7. The van der Waals surface area contributed by atoms with Crippen molar-refractivity contribution in [2.45, 2.75) is 368 Å². The van der Waals surface area contributed by atoms with Gasteiger partial charge < -0.3 is 14.2 Å². The van der Waals surface area contributed by atoms with Gasteiger partial charge in [0.05, 0.1) is 0 Å². The number of carbonyl (C=O) groups is 3. The number of hydrogen-bond donors (Lipinski definition) is 0. The van der Waals surface area contributed by atoms with E-state index in [4.69, 9.17) is 14.2 Å². The fourth-order valence-electron chi connectivity index (χ4n) is 9.93. The van der Waals surface area contributed by atoms with E-state index >= 15 is 0 Å². The van der Waals surface area contributed by atoms with Crippen molar-refractivity contribution in [3.63, 3.8) is 0 Å². The molecule has 0 aromatic carbocycles. The molecule has 6 heteroatoms. The van der Waals surface area contributed by atoms with Crippen LogP contribution in [0.4, 0.5) is 0 Å². The average Bonchev–Trinajstić information content (AvgIpc) is 3.33. The van der Waals surface area contributed by atoms with Crippen LogP contribution in [0.25, 0.3) is 0 Å². The van der Waals surface area contributed by atoms with Crippen molar-refractivity contribution < 1.29 is 28.6 Å². The lowest BCUT2D eigenvalue weighted by molar-refractivity contribution is -0.167. The Morgan fingerprint density at radius 2 is 0.471 bits per heavy atom. The van der Waals surface area contributed by atoms with Gasteiger partial charge in [0.1, 0.15) is 13.2 Å². The highest BCUT2D eigenvalue weighted by Crippen LogP contribution is 2.19. The summed E-state index contributed by atoms with van der Waals surface area (Å²) in [4.78, 5) is 38.3. The van der Waals surface area contributed by atoms with E-state index in [1.54, 1.807) is 0 Å². The van der Waals surface area contributed by atoms with Crippen LogP contribution in [0.15, 0.2) is 0 Å². The second kappa shape index (κ2) is 56.7. The first kappa shape index (κ1) is 68.4. The lowest BCUT2D eigenvalue weighted by Gasteiger charge is -2.18.